The van der Waals surface area contributed by atoms with Crippen molar-refractivity contribution in [3.63, 3.8) is 0 Å². The first kappa shape index (κ1) is 22.8. The van der Waals surface area contributed by atoms with Crippen molar-refractivity contribution >= 4 is 16.6 Å². The van der Waals surface area contributed by atoms with Crippen LogP contribution in [0, 0.1) is 0 Å². The predicted octanol–water partition coefficient (Wildman–Crippen LogP) is 4.21. The van der Waals surface area contributed by atoms with Gasteiger partial charge in [-0.25, -0.2) is 4.98 Å². The molecule has 3 aromatic rings. The van der Waals surface area contributed by atoms with Crippen LogP contribution in [0.15, 0.2) is 36.5 Å². The Morgan fingerprint density at radius 2 is 1.85 bits per heavy atom. The molecular weight excluding hydrogens is 447 g/mol. The van der Waals surface area contributed by atoms with Gasteiger partial charge in [0.05, 0.1) is 11.2 Å². The first-order valence-corrected chi connectivity index (χ1v) is 11.4. The molecule has 180 valence electrons. The summed E-state index contributed by atoms with van der Waals surface area (Å²) in [6.45, 7) is 3.71. The monoisotopic (exact) mass is 473 g/mol. The number of likely N-dealkylation sites (tertiary alicyclic amines) is 1. The second-order valence-corrected chi connectivity index (χ2v) is 9.57. The molecule has 1 saturated carbocycles. The summed E-state index contributed by atoms with van der Waals surface area (Å²) in [5.74, 6) is -0.0208. The summed E-state index contributed by atoms with van der Waals surface area (Å²) in [6.07, 6.45) is -0.358. The van der Waals surface area contributed by atoms with Crippen LogP contribution in [0.25, 0.3) is 22.2 Å². The molecule has 1 aliphatic heterocycles. The quantitative estimate of drug-likeness (QED) is 0.523. The largest absolute Gasteiger partial charge is 0.506 e. The van der Waals surface area contributed by atoms with Gasteiger partial charge in [0.15, 0.2) is 5.82 Å². The van der Waals surface area contributed by atoms with Crippen molar-refractivity contribution in [1.82, 2.24) is 20.1 Å². The number of hydrogen-bond donors (Lipinski definition) is 3. The summed E-state index contributed by atoms with van der Waals surface area (Å²) in [4.78, 5) is 6.26. The van der Waals surface area contributed by atoms with Crippen molar-refractivity contribution < 1.29 is 23.4 Å². The number of pyridine rings is 1. The maximum atomic E-state index is 13.0. The zero-order valence-electron chi connectivity index (χ0n) is 18.7. The fourth-order valence-corrected chi connectivity index (χ4v) is 5.04. The van der Waals surface area contributed by atoms with Gasteiger partial charge in [0.2, 0.25) is 0 Å². The molecule has 0 radical (unpaired) electrons. The maximum absolute atomic E-state index is 13.0. The normalized spacial score (nSPS) is 25.8. The van der Waals surface area contributed by atoms with E-state index in [4.69, 9.17) is 0 Å². The van der Waals surface area contributed by atoms with Crippen LogP contribution in [0.3, 0.4) is 0 Å². The van der Waals surface area contributed by atoms with Gasteiger partial charge in [-0.1, -0.05) is 24.3 Å². The average molecular weight is 473 g/mol. The molecule has 1 saturated heterocycles. The fraction of sp³-hybridized carbons (Fsp3) is 0.458. The SMILES string of the molecule is CC1(O)CC(N2CCCC(Nc3nnc(-c4ncc(C(F)(F)F)cc4O)c4ccccc34)C2)C1. The first-order valence-electron chi connectivity index (χ1n) is 11.4. The number of aliphatic hydroxyl groups is 1. The number of rotatable bonds is 4. The third kappa shape index (κ3) is 4.39. The van der Waals surface area contributed by atoms with Gasteiger partial charge in [0.1, 0.15) is 17.1 Å². The van der Waals surface area contributed by atoms with E-state index >= 15 is 0 Å². The predicted molar refractivity (Wildman–Crippen MR) is 121 cm³/mol. The number of hydrogen-bond acceptors (Lipinski definition) is 7. The number of aromatic hydroxyl groups is 1. The molecule has 5 rings (SSSR count). The molecule has 34 heavy (non-hydrogen) atoms. The molecular formula is C24H26F3N5O2. The average Bonchev–Trinajstić information content (AvgIpc) is 2.77. The lowest BCUT2D eigenvalue weighted by Crippen LogP contribution is -2.57. The second kappa shape index (κ2) is 8.35. The zero-order valence-corrected chi connectivity index (χ0v) is 18.7. The van der Waals surface area contributed by atoms with Gasteiger partial charge in [-0.2, -0.15) is 13.2 Å². The van der Waals surface area contributed by atoms with Crippen LogP contribution >= 0.6 is 0 Å². The molecule has 2 aliphatic rings. The van der Waals surface area contributed by atoms with Crippen molar-refractivity contribution in [1.29, 1.82) is 0 Å². The van der Waals surface area contributed by atoms with E-state index in [1.807, 2.05) is 19.1 Å². The summed E-state index contributed by atoms with van der Waals surface area (Å²) >= 11 is 0. The van der Waals surface area contributed by atoms with Crippen molar-refractivity contribution in [2.45, 2.75) is 56.5 Å². The number of halogens is 3. The number of fused-ring (bicyclic) bond motifs is 1. The smallest absolute Gasteiger partial charge is 0.418 e. The summed E-state index contributed by atoms with van der Waals surface area (Å²) in [7, 11) is 0. The second-order valence-electron chi connectivity index (χ2n) is 9.57. The first-order chi connectivity index (χ1) is 16.1. The van der Waals surface area contributed by atoms with Crippen LogP contribution < -0.4 is 5.32 Å². The molecule has 3 heterocycles. The van der Waals surface area contributed by atoms with Gasteiger partial charge >= 0.3 is 6.18 Å². The number of alkyl halides is 3. The minimum atomic E-state index is -4.60. The van der Waals surface area contributed by atoms with Gasteiger partial charge in [0, 0.05) is 35.6 Å². The van der Waals surface area contributed by atoms with E-state index in [0.717, 1.165) is 44.2 Å². The van der Waals surface area contributed by atoms with Crippen LogP contribution in [0.1, 0.15) is 38.2 Å². The van der Waals surface area contributed by atoms with Crippen molar-refractivity contribution in [3.05, 3.63) is 42.1 Å². The summed E-state index contributed by atoms with van der Waals surface area (Å²) in [5.41, 5.74) is -1.43. The standard InChI is InChI=1S/C24H26F3N5O2/c1-23(34)10-16(11-23)32-8-4-5-15(13-32)29-22-18-7-3-2-6-17(18)20(30-31-22)21-19(33)9-14(12-28-21)24(25,26)27/h2-3,6-7,9,12,15-16,33-34H,4-5,8,10-11,13H2,1H3,(H,29,31). The van der Waals surface area contributed by atoms with Gasteiger partial charge in [-0.3, -0.25) is 4.90 Å². The lowest BCUT2D eigenvalue weighted by Gasteiger charge is -2.49. The van der Waals surface area contributed by atoms with Crippen molar-refractivity contribution in [2.24, 2.45) is 0 Å². The number of aromatic nitrogens is 3. The molecule has 1 aliphatic carbocycles. The number of anilines is 1. The van der Waals surface area contributed by atoms with E-state index < -0.39 is 23.1 Å². The van der Waals surface area contributed by atoms with E-state index in [1.54, 1.807) is 12.1 Å². The molecule has 0 spiro atoms. The van der Waals surface area contributed by atoms with Crippen LogP contribution in [0.4, 0.5) is 19.0 Å². The third-order valence-electron chi connectivity index (χ3n) is 6.77. The Bertz CT molecular complexity index is 1210. The van der Waals surface area contributed by atoms with Gasteiger partial charge in [-0.05, 0) is 45.2 Å². The number of nitrogens with zero attached hydrogens (tertiary/aromatic N) is 4. The van der Waals surface area contributed by atoms with E-state index in [9.17, 15) is 23.4 Å². The Hall–Kier alpha value is -2.98. The molecule has 0 amide bonds. The minimum Gasteiger partial charge on any atom is -0.506 e. The zero-order chi connectivity index (χ0) is 24.1. The lowest BCUT2D eigenvalue weighted by molar-refractivity contribution is -0.137. The molecule has 3 N–H and O–H groups in total. The van der Waals surface area contributed by atoms with E-state index in [0.29, 0.717) is 29.5 Å². The number of nitrogens with one attached hydrogen (secondary N) is 1. The molecule has 2 fully saturated rings. The molecule has 0 bridgehead atoms. The molecule has 1 atom stereocenters. The van der Waals surface area contributed by atoms with E-state index in [-0.39, 0.29) is 17.4 Å². The molecule has 10 heteroatoms. The number of piperidine rings is 1. The Balaban J connectivity index is 1.41. The highest BCUT2D eigenvalue weighted by atomic mass is 19.4. The number of benzene rings is 1. The third-order valence-corrected chi connectivity index (χ3v) is 6.77. The maximum Gasteiger partial charge on any atom is 0.418 e. The Morgan fingerprint density at radius 1 is 1.12 bits per heavy atom. The highest BCUT2D eigenvalue weighted by molar-refractivity contribution is 6.00. The Morgan fingerprint density at radius 3 is 2.53 bits per heavy atom. The summed E-state index contributed by atoms with van der Waals surface area (Å²) in [5, 5.41) is 33.8. The summed E-state index contributed by atoms with van der Waals surface area (Å²) in [6, 6.07) is 8.48. The van der Waals surface area contributed by atoms with Crippen molar-refractivity contribution in [3.8, 4) is 17.1 Å². The molecule has 1 unspecified atom stereocenters. The van der Waals surface area contributed by atoms with Gasteiger partial charge < -0.3 is 15.5 Å². The fourth-order valence-electron chi connectivity index (χ4n) is 5.04. The van der Waals surface area contributed by atoms with Gasteiger partial charge in [-0.15, -0.1) is 10.2 Å². The Labute approximate surface area is 194 Å². The van der Waals surface area contributed by atoms with E-state index in [1.165, 1.54) is 0 Å². The molecule has 1 aromatic carbocycles. The van der Waals surface area contributed by atoms with Crippen LogP contribution in [0.2, 0.25) is 0 Å². The highest BCUT2D eigenvalue weighted by Crippen LogP contribution is 2.38. The van der Waals surface area contributed by atoms with Crippen LogP contribution in [-0.2, 0) is 6.18 Å². The lowest BCUT2D eigenvalue weighted by atomic mass is 9.76. The molecule has 2 aromatic heterocycles. The Kier molecular flexibility index (Phi) is 5.60. The van der Waals surface area contributed by atoms with Crippen LogP contribution in [-0.4, -0.2) is 61.1 Å². The van der Waals surface area contributed by atoms with Crippen molar-refractivity contribution in [2.75, 3.05) is 18.4 Å². The summed E-state index contributed by atoms with van der Waals surface area (Å²) < 4.78 is 38.9. The van der Waals surface area contributed by atoms with E-state index in [2.05, 4.69) is 25.4 Å². The topological polar surface area (TPSA) is 94.4 Å². The highest BCUT2D eigenvalue weighted by Gasteiger charge is 2.42. The van der Waals surface area contributed by atoms with Crippen LogP contribution in [0.5, 0.6) is 5.75 Å². The van der Waals surface area contributed by atoms with Gasteiger partial charge in [0.25, 0.3) is 0 Å². The molecule has 7 nitrogen and oxygen atoms in total. The minimum absolute atomic E-state index is 0.0517.